The average Bonchev–Trinajstić information content (AvgIpc) is 2.79. The molecule has 3 heteroatoms. The van der Waals surface area contributed by atoms with Crippen LogP contribution < -0.4 is 5.73 Å². The fourth-order valence-electron chi connectivity index (χ4n) is 1.98. The van der Waals surface area contributed by atoms with Crippen LogP contribution >= 0.6 is 11.6 Å². The molecule has 0 fully saturated rings. The van der Waals surface area contributed by atoms with Crippen molar-refractivity contribution in [3.05, 3.63) is 58.9 Å². The molecule has 0 aliphatic heterocycles. The molecule has 0 spiro atoms. The summed E-state index contributed by atoms with van der Waals surface area (Å²) >= 11 is 6.15. The molecule has 1 aromatic heterocycles. The SMILES string of the molecule is CCC(N)Cc1ccn(Cc2ccccc2Cl)c1. The number of nitrogens with two attached hydrogens (primary N) is 1. The molecule has 0 saturated carbocycles. The van der Waals surface area contributed by atoms with Gasteiger partial charge in [0.1, 0.15) is 0 Å². The minimum absolute atomic E-state index is 0.251. The summed E-state index contributed by atoms with van der Waals surface area (Å²) in [5.74, 6) is 0. The third-order valence-corrected chi connectivity index (χ3v) is 3.51. The van der Waals surface area contributed by atoms with Gasteiger partial charge in [0.15, 0.2) is 0 Å². The average molecular weight is 263 g/mol. The van der Waals surface area contributed by atoms with Gasteiger partial charge in [-0.15, -0.1) is 0 Å². The molecule has 0 saturated heterocycles. The van der Waals surface area contributed by atoms with Crippen LogP contribution in [0.25, 0.3) is 0 Å². The van der Waals surface area contributed by atoms with Crippen molar-refractivity contribution in [2.45, 2.75) is 32.4 Å². The topological polar surface area (TPSA) is 30.9 Å². The Kier molecular flexibility index (Phi) is 4.45. The van der Waals surface area contributed by atoms with E-state index >= 15 is 0 Å². The molecule has 0 radical (unpaired) electrons. The molecule has 0 amide bonds. The van der Waals surface area contributed by atoms with Crippen LogP contribution in [-0.4, -0.2) is 10.6 Å². The van der Waals surface area contributed by atoms with Gasteiger partial charge in [0, 0.05) is 30.0 Å². The Balaban J connectivity index is 2.05. The normalized spacial score (nSPS) is 12.6. The lowest BCUT2D eigenvalue weighted by Crippen LogP contribution is -2.21. The number of hydrogen-bond acceptors (Lipinski definition) is 1. The van der Waals surface area contributed by atoms with Gasteiger partial charge in [0.05, 0.1) is 0 Å². The van der Waals surface area contributed by atoms with E-state index in [-0.39, 0.29) is 6.04 Å². The molecule has 0 aliphatic rings. The fourth-order valence-corrected chi connectivity index (χ4v) is 2.18. The Labute approximate surface area is 113 Å². The second-order valence-corrected chi connectivity index (χ2v) is 5.06. The third-order valence-electron chi connectivity index (χ3n) is 3.14. The van der Waals surface area contributed by atoms with Crippen LogP contribution in [0.4, 0.5) is 0 Å². The van der Waals surface area contributed by atoms with Crippen LogP contribution in [0.2, 0.25) is 5.02 Å². The Bertz CT molecular complexity index is 505. The van der Waals surface area contributed by atoms with E-state index < -0.39 is 0 Å². The first-order chi connectivity index (χ1) is 8.69. The molecule has 18 heavy (non-hydrogen) atoms. The summed E-state index contributed by atoms with van der Waals surface area (Å²) in [6, 6.07) is 10.3. The van der Waals surface area contributed by atoms with Crippen LogP contribution in [0.3, 0.4) is 0 Å². The van der Waals surface area contributed by atoms with Gasteiger partial charge in [-0.3, -0.25) is 0 Å². The maximum absolute atomic E-state index is 6.15. The second-order valence-electron chi connectivity index (χ2n) is 4.66. The zero-order valence-corrected chi connectivity index (χ0v) is 11.4. The van der Waals surface area contributed by atoms with E-state index in [1.54, 1.807) is 0 Å². The molecule has 0 aliphatic carbocycles. The number of rotatable bonds is 5. The van der Waals surface area contributed by atoms with E-state index in [1.165, 1.54) is 5.56 Å². The summed E-state index contributed by atoms with van der Waals surface area (Å²) in [5, 5.41) is 0.818. The Morgan fingerprint density at radius 3 is 2.78 bits per heavy atom. The summed E-state index contributed by atoms with van der Waals surface area (Å²) in [6.07, 6.45) is 6.18. The molecule has 2 aromatic rings. The lowest BCUT2D eigenvalue weighted by molar-refractivity contribution is 0.645. The zero-order valence-electron chi connectivity index (χ0n) is 10.6. The van der Waals surface area contributed by atoms with Crippen molar-refractivity contribution in [1.29, 1.82) is 0 Å². The first-order valence-electron chi connectivity index (χ1n) is 6.32. The molecular formula is C15H19ClN2. The Morgan fingerprint density at radius 1 is 1.28 bits per heavy atom. The zero-order chi connectivity index (χ0) is 13.0. The van der Waals surface area contributed by atoms with Gasteiger partial charge in [-0.2, -0.15) is 0 Å². The van der Waals surface area contributed by atoms with Crippen LogP contribution in [0.5, 0.6) is 0 Å². The number of hydrogen-bond donors (Lipinski definition) is 1. The van der Waals surface area contributed by atoms with Crippen LogP contribution in [0, 0.1) is 0 Å². The van der Waals surface area contributed by atoms with Gasteiger partial charge >= 0.3 is 0 Å². The van der Waals surface area contributed by atoms with Gasteiger partial charge < -0.3 is 10.3 Å². The predicted molar refractivity (Wildman–Crippen MR) is 77.0 cm³/mol. The van der Waals surface area contributed by atoms with Crippen molar-refractivity contribution in [1.82, 2.24) is 4.57 Å². The standard InChI is InChI=1S/C15H19ClN2/c1-2-14(17)9-12-7-8-18(10-12)11-13-5-3-4-6-15(13)16/h3-8,10,14H,2,9,11,17H2,1H3. The third kappa shape index (κ3) is 3.37. The smallest absolute Gasteiger partial charge is 0.0485 e. The molecule has 1 atom stereocenters. The van der Waals surface area contributed by atoms with E-state index in [0.717, 1.165) is 30.0 Å². The van der Waals surface area contributed by atoms with E-state index in [4.69, 9.17) is 17.3 Å². The molecular weight excluding hydrogens is 244 g/mol. The van der Waals surface area contributed by atoms with Crippen molar-refractivity contribution in [2.75, 3.05) is 0 Å². The van der Waals surface area contributed by atoms with E-state index in [9.17, 15) is 0 Å². The Morgan fingerprint density at radius 2 is 2.06 bits per heavy atom. The van der Waals surface area contributed by atoms with Gasteiger partial charge in [0.2, 0.25) is 0 Å². The van der Waals surface area contributed by atoms with Crippen LogP contribution in [-0.2, 0) is 13.0 Å². The number of aromatic nitrogens is 1. The fraction of sp³-hybridized carbons (Fsp3) is 0.333. The molecule has 2 rings (SSSR count). The lowest BCUT2D eigenvalue weighted by atomic mass is 10.1. The molecule has 96 valence electrons. The summed E-state index contributed by atoms with van der Waals surface area (Å²) in [7, 11) is 0. The molecule has 0 bridgehead atoms. The van der Waals surface area contributed by atoms with Crippen molar-refractivity contribution >= 4 is 11.6 Å². The van der Waals surface area contributed by atoms with E-state index in [2.05, 4.69) is 36.0 Å². The first-order valence-corrected chi connectivity index (χ1v) is 6.70. The highest BCUT2D eigenvalue weighted by atomic mass is 35.5. The van der Waals surface area contributed by atoms with Gasteiger partial charge in [-0.25, -0.2) is 0 Å². The minimum Gasteiger partial charge on any atom is -0.350 e. The van der Waals surface area contributed by atoms with Crippen LogP contribution in [0.15, 0.2) is 42.7 Å². The molecule has 2 nitrogen and oxygen atoms in total. The molecule has 1 aromatic carbocycles. The maximum Gasteiger partial charge on any atom is 0.0485 e. The second kappa shape index (κ2) is 6.07. The number of nitrogens with zero attached hydrogens (tertiary/aromatic N) is 1. The van der Waals surface area contributed by atoms with Crippen LogP contribution in [0.1, 0.15) is 24.5 Å². The monoisotopic (exact) mass is 262 g/mol. The van der Waals surface area contributed by atoms with Crippen molar-refractivity contribution in [3.8, 4) is 0 Å². The highest BCUT2D eigenvalue weighted by Crippen LogP contribution is 2.17. The number of halogens is 1. The Hall–Kier alpha value is -1.25. The highest BCUT2D eigenvalue weighted by molar-refractivity contribution is 6.31. The van der Waals surface area contributed by atoms with E-state index in [1.807, 2.05) is 18.2 Å². The van der Waals surface area contributed by atoms with Crippen molar-refractivity contribution < 1.29 is 0 Å². The first kappa shape index (κ1) is 13.2. The van der Waals surface area contributed by atoms with Gasteiger partial charge in [-0.05, 0) is 36.1 Å². The summed E-state index contributed by atoms with van der Waals surface area (Å²) in [4.78, 5) is 0. The molecule has 1 heterocycles. The summed E-state index contributed by atoms with van der Waals surface area (Å²) in [5.41, 5.74) is 8.39. The van der Waals surface area contributed by atoms with Crippen molar-refractivity contribution in [3.63, 3.8) is 0 Å². The van der Waals surface area contributed by atoms with Gasteiger partial charge in [0.25, 0.3) is 0 Å². The largest absolute Gasteiger partial charge is 0.350 e. The minimum atomic E-state index is 0.251. The molecule has 1 unspecified atom stereocenters. The maximum atomic E-state index is 6.15. The van der Waals surface area contributed by atoms with E-state index in [0.29, 0.717) is 0 Å². The predicted octanol–water partition coefficient (Wildman–Crippen LogP) is 3.47. The quantitative estimate of drug-likeness (QED) is 0.879. The molecule has 2 N–H and O–H groups in total. The summed E-state index contributed by atoms with van der Waals surface area (Å²) < 4.78 is 2.15. The van der Waals surface area contributed by atoms with Gasteiger partial charge in [-0.1, -0.05) is 36.7 Å². The highest BCUT2D eigenvalue weighted by Gasteiger charge is 2.04. The summed E-state index contributed by atoms with van der Waals surface area (Å²) in [6.45, 7) is 2.92. The van der Waals surface area contributed by atoms with Crippen molar-refractivity contribution in [2.24, 2.45) is 5.73 Å². The number of benzene rings is 1. The lowest BCUT2D eigenvalue weighted by Gasteiger charge is -2.07.